The maximum Gasteiger partial charge on any atom is 0.0950 e. The summed E-state index contributed by atoms with van der Waals surface area (Å²) in [4.78, 5) is 2.07. The number of nitrogens with zero attached hydrogens (tertiary/aromatic N) is 4. The predicted octanol–water partition coefficient (Wildman–Crippen LogP) is 2.37. The van der Waals surface area contributed by atoms with Gasteiger partial charge in [-0.3, -0.25) is 0 Å². The van der Waals surface area contributed by atoms with Gasteiger partial charge in [0.25, 0.3) is 0 Å². The summed E-state index contributed by atoms with van der Waals surface area (Å²) in [6, 6.07) is 10.2. The Balaban J connectivity index is 2.45. The van der Waals surface area contributed by atoms with Gasteiger partial charge in [0.1, 0.15) is 0 Å². The first-order chi connectivity index (χ1) is 8.24. The zero-order valence-corrected chi connectivity index (χ0v) is 9.96. The summed E-state index contributed by atoms with van der Waals surface area (Å²) in [5.74, 6) is 0. The van der Waals surface area contributed by atoms with E-state index in [1.165, 1.54) is 0 Å². The van der Waals surface area contributed by atoms with E-state index in [0.29, 0.717) is 6.42 Å². The molecular formula is C13H14N4. The topological polar surface area (TPSA) is 52.8 Å². The molecule has 0 radical (unpaired) electrons. The molecule has 0 spiro atoms. The Morgan fingerprint density at radius 3 is 2.94 bits per heavy atom. The predicted molar refractivity (Wildman–Crippen MR) is 67.6 cm³/mol. The van der Waals surface area contributed by atoms with E-state index in [0.717, 1.165) is 16.6 Å². The maximum absolute atomic E-state index is 8.74. The molecule has 0 bridgehead atoms. The molecule has 1 unspecified atom stereocenters. The fourth-order valence-electron chi connectivity index (χ4n) is 1.78. The highest BCUT2D eigenvalue weighted by Crippen LogP contribution is 2.24. The fourth-order valence-corrected chi connectivity index (χ4v) is 1.78. The van der Waals surface area contributed by atoms with Crippen molar-refractivity contribution in [2.45, 2.75) is 19.4 Å². The number of aromatic nitrogens is 2. The lowest BCUT2D eigenvalue weighted by Gasteiger charge is -2.25. The van der Waals surface area contributed by atoms with Crippen LogP contribution >= 0.6 is 0 Å². The molecule has 4 heteroatoms. The fraction of sp³-hybridized carbons (Fsp3) is 0.308. The van der Waals surface area contributed by atoms with E-state index in [4.69, 9.17) is 5.26 Å². The Hall–Kier alpha value is -2.15. The highest BCUT2D eigenvalue weighted by molar-refractivity contribution is 5.90. The zero-order valence-electron chi connectivity index (χ0n) is 9.96. The lowest BCUT2D eigenvalue weighted by Crippen LogP contribution is -2.28. The Morgan fingerprint density at radius 1 is 1.41 bits per heavy atom. The van der Waals surface area contributed by atoms with Crippen molar-refractivity contribution < 1.29 is 0 Å². The van der Waals surface area contributed by atoms with E-state index >= 15 is 0 Å². The van der Waals surface area contributed by atoms with Gasteiger partial charge in [0.2, 0.25) is 0 Å². The summed E-state index contributed by atoms with van der Waals surface area (Å²) in [6.07, 6.45) is 2.24. The molecule has 86 valence electrons. The van der Waals surface area contributed by atoms with Crippen molar-refractivity contribution in [3.05, 3.63) is 30.5 Å². The number of anilines is 1. The van der Waals surface area contributed by atoms with E-state index in [9.17, 15) is 0 Å². The van der Waals surface area contributed by atoms with Crippen LogP contribution in [0.4, 0.5) is 5.69 Å². The van der Waals surface area contributed by atoms with E-state index in [2.05, 4.69) is 21.2 Å². The van der Waals surface area contributed by atoms with Crippen molar-refractivity contribution in [2.75, 3.05) is 11.9 Å². The third-order valence-corrected chi connectivity index (χ3v) is 2.95. The largest absolute Gasteiger partial charge is 0.369 e. The van der Waals surface area contributed by atoms with Crippen LogP contribution in [0.3, 0.4) is 0 Å². The van der Waals surface area contributed by atoms with E-state index in [1.807, 2.05) is 38.2 Å². The van der Waals surface area contributed by atoms with Crippen LogP contribution in [-0.4, -0.2) is 23.3 Å². The number of hydrogen-bond donors (Lipinski definition) is 0. The van der Waals surface area contributed by atoms with Gasteiger partial charge in [-0.2, -0.15) is 15.5 Å². The third kappa shape index (κ3) is 2.18. The number of nitriles is 1. The second-order valence-corrected chi connectivity index (χ2v) is 4.07. The smallest absolute Gasteiger partial charge is 0.0950 e. The highest BCUT2D eigenvalue weighted by Gasteiger charge is 2.12. The molecular weight excluding hydrogens is 212 g/mol. The van der Waals surface area contributed by atoms with E-state index in [1.54, 1.807) is 6.20 Å². The number of rotatable bonds is 3. The molecule has 0 N–H and O–H groups in total. The minimum Gasteiger partial charge on any atom is -0.369 e. The van der Waals surface area contributed by atoms with Crippen molar-refractivity contribution in [1.82, 2.24) is 10.2 Å². The molecule has 0 fully saturated rings. The van der Waals surface area contributed by atoms with Gasteiger partial charge >= 0.3 is 0 Å². The zero-order chi connectivity index (χ0) is 12.3. The minimum absolute atomic E-state index is 0.160. The molecule has 0 aliphatic rings. The van der Waals surface area contributed by atoms with Gasteiger partial charge in [0.15, 0.2) is 0 Å². The number of hydrogen-bond acceptors (Lipinski definition) is 4. The summed E-state index contributed by atoms with van der Waals surface area (Å²) < 4.78 is 0. The Labute approximate surface area is 100 Å². The van der Waals surface area contributed by atoms with Gasteiger partial charge in [-0.1, -0.05) is 18.2 Å². The van der Waals surface area contributed by atoms with Crippen molar-refractivity contribution in [1.29, 1.82) is 5.26 Å². The van der Waals surface area contributed by atoms with Crippen LogP contribution in [0.25, 0.3) is 10.9 Å². The molecule has 2 rings (SSSR count). The van der Waals surface area contributed by atoms with Gasteiger partial charge in [-0.15, -0.1) is 0 Å². The first-order valence-electron chi connectivity index (χ1n) is 5.54. The number of benzene rings is 1. The van der Waals surface area contributed by atoms with Crippen LogP contribution in [-0.2, 0) is 0 Å². The van der Waals surface area contributed by atoms with Crippen LogP contribution in [0, 0.1) is 11.3 Å². The molecule has 2 aromatic rings. The highest BCUT2D eigenvalue weighted by atomic mass is 15.2. The van der Waals surface area contributed by atoms with Crippen LogP contribution in [0.1, 0.15) is 13.3 Å². The van der Waals surface area contributed by atoms with Crippen molar-refractivity contribution >= 4 is 16.6 Å². The molecule has 0 aliphatic carbocycles. The van der Waals surface area contributed by atoms with Gasteiger partial charge in [0, 0.05) is 18.5 Å². The third-order valence-electron chi connectivity index (χ3n) is 2.95. The normalized spacial score (nSPS) is 12.1. The first kappa shape index (κ1) is 11.3. The molecule has 1 atom stereocenters. The van der Waals surface area contributed by atoms with Crippen LogP contribution < -0.4 is 4.90 Å². The molecule has 1 heterocycles. The SMILES string of the molecule is CC(CC#N)N(C)c1cnnc2ccccc12. The van der Waals surface area contributed by atoms with E-state index in [-0.39, 0.29) is 6.04 Å². The minimum atomic E-state index is 0.160. The monoisotopic (exact) mass is 226 g/mol. The quantitative estimate of drug-likeness (QED) is 0.806. The summed E-state index contributed by atoms with van der Waals surface area (Å²) >= 11 is 0. The Bertz CT molecular complexity index is 553. The van der Waals surface area contributed by atoms with Crippen LogP contribution in [0.2, 0.25) is 0 Å². The Kier molecular flexibility index (Phi) is 3.20. The standard InChI is InChI=1S/C13H14N4/c1-10(7-8-14)17(2)13-9-15-16-12-6-4-3-5-11(12)13/h3-6,9-10H,7H2,1-2H3. The van der Waals surface area contributed by atoms with Gasteiger partial charge < -0.3 is 4.90 Å². The average molecular weight is 226 g/mol. The number of fused-ring (bicyclic) bond motifs is 1. The van der Waals surface area contributed by atoms with Gasteiger partial charge in [0.05, 0.1) is 29.9 Å². The molecule has 0 saturated heterocycles. The second kappa shape index (κ2) is 4.79. The first-order valence-corrected chi connectivity index (χ1v) is 5.54. The summed E-state index contributed by atoms with van der Waals surface area (Å²) in [5.41, 5.74) is 1.89. The molecule has 0 saturated carbocycles. The van der Waals surface area contributed by atoms with Crippen molar-refractivity contribution in [2.24, 2.45) is 0 Å². The van der Waals surface area contributed by atoms with Crippen LogP contribution in [0.15, 0.2) is 30.5 Å². The molecule has 1 aromatic carbocycles. The van der Waals surface area contributed by atoms with Crippen molar-refractivity contribution in [3.8, 4) is 6.07 Å². The maximum atomic E-state index is 8.74. The lowest BCUT2D eigenvalue weighted by molar-refractivity contribution is 0.702. The molecule has 4 nitrogen and oxygen atoms in total. The van der Waals surface area contributed by atoms with E-state index < -0.39 is 0 Å². The van der Waals surface area contributed by atoms with Crippen molar-refractivity contribution in [3.63, 3.8) is 0 Å². The summed E-state index contributed by atoms with van der Waals surface area (Å²) in [6.45, 7) is 2.03. The molecule has 17 heavy (non-hydrogen) atoms. The Morgan fingerprint density at radius 2 is 2.18 bits per heavy atom. The molecule has 0 amide bonds. The average Bonchev–Trinajstić information content (AvgIpc) is 2.37. The molecule has 1 aromatic heterocycles. The van der Waals surface area contributed by atoms with Crippen LogP contribution in [0.5, 0.6) is 0 Å². The summed E-state index contributed by atoms with van der Waals surface area (Å²) in [5, 5.41) is 17.9. The second-order valence-electron chi connectivity index (χ2n) is 4.07. The summed E-state index contributed by atoms with van der Waals surface area (Å²) in [7, 11) is 1.98. The molecule has 0 aliphatic heterocycles. The lowest BCUT2D eigenvalue weighted by atomic mass is 10.1. The van der Waals surface area contributed by atoms with Gasteiger partial charge in [-0.25, -0.2) is 0 Å². The van der Waals surface area contributed by atoms with Gasteiger partial charge in [-0.05, 0) is 13.0 Å².